The van der Waals surface area contributed by atoms with Gasteiger partial charge < -0.3 is 5.11 Å². The Morgan fingerprint density at radius 3 is 2.69 bits per heavy atom. The van der Waals surface area contributed by atoms with Gasteiger partial charge in [0.25, 0.3) is 0 Å². The van der Waals surface area contributed by atoms with Gasteiger partial charge >= 0.3 is 0 Å². The van der Waals surface area contributed by atoms with Crippen LogP contribution in [-0.2, 0) is 10.0 Å². The lowest BCUT2D eigenvalue weighted by Gasteiger charge is -2.31. The Labute approximate surface area is 92.4 Å². The van der Waals surface area contributed by atoms with Crippen molar-refractivity contribution in [2.75, 3.05) is 0 Å². The number of hydrogen-bond donors (Lipinski definition) is 2. The molecule has 1 aromatic rings. The van der Waals surface area contributed by atoms with Gasteiger partial charge in [-0.1, -0.05) is 0 Å². The molecule has 1 fully saturated rings. The van der Waals surface area contributed by atoms with Crippen molar-refractivity contribution in [3.05, 3.63) is 24.3 Å². The molecule has 0 unspecified atom stereocenters. The summed E-state index contributed by atoms with van der Waals surface area (Å²) in [6.45, 7) is 0. The van der Waals surface area contributed by atoms with E-state index < -0.39 is 21.9 Å². The first-order valence-electron chi connectivity index (χ1n) is 4.78. The van der Waals surface area contributed by atoms with Crippen molar-refractivity contribution < 1.29 is 17.9 Å². The molecule has 2 rings (SSSR count). The normalized spacial score (nSPS) is 25.1. The molecule has 1 aromatic heterocycles. The van der Waals surface area contributed by atoms with E-state index in [2.05, 4.69) is 9.71 Å². The van der Waals surface area contributed by atoms with Crippen LogP contribution in [0.15, 0.2) is 23.4 Å². The minimum atomic E-state index is -3.73. The molecule has 2 N–H and O–H groups in total. The van der Waals surface area contributed by atoms with Crippen LogP contribution in [0, 0.1) is 5.82 Å². The summed E-state index contributed by atoms with van der Waals surface area (Å²) in [5, 5.41) is 9.02. The highest BCUT2D eigenvalue weighted by Gasteiger charge is 2.31. The van der Waals surface area contributed by atoms with Gasteiger partial charge in [-0.15, -0.1) is 0 Å². The first kappa shape index (κ1) is 11.4. The van der Waals surface area contributed by atoms with Gasteiger partial charge in [0, 0.05) is 12.2 Å². The molecule has 88 valence electrons. The molecule has 1 heterocycles. The summed E-state index contributed by atoms with van der Waals surface area (Å²) in [4.78, 5) is 3.27. The number of aliphatic hydroxyl groups excluding tert-OH is 1. The van der Waals surface area contributed by atoms with Crippen molar-refractivity contribution in [2.45, 2.75) is 29.9 Å². The van der Waals surface area contributed by atoms with Crippen molar-refractivity contribution in [1.82, 2.24) is 9.71 Å². The number of rotatable bonds is 3. The number of pyridine rings is 1. The molecule has 1 saturated carbocycles. The smallest absolute Gasteiger partial charge is 0.242 e. The van der Waals surface area contributed by atoms with Crippen molar-refractivity contribution in [3.63, 3.8) is 0 Å². The van der Waals surface area contributed by atoms with E-state index in [0.717, 1.165) is 18.5 Å². The molecule has 16 heavy (non-hydrogen) atoms. The number of aromatic nitrogens is 1. The Morgan fingerprint density at radius 1 is 1.44 bits per heavy atom. The van der Waals surface area contributed by atoms with Crippen LogP contribution >= 0.6 is 0 Å². The zero-order valence-electron chi connectivity index (χ0n) is 8.30. The Hall–Kier alpha value is -1.05. The molecule has 0 aromatic carbocycles. The van der Waals surface area contributed by atoms with E-state index in [0.29, 0.717) is 12.8 Å². The van der Waals surface area contributed by atoms with Gasteiger partial charge in [-0.3, -0.25) is 4.98 Å². The highest BCUT2D eigenvalue weighted by Crippen LogP contribution is 2.21. The van der Waals surface area contributed by atoms with E-state index >= 15 is 0 Å². The van der Waals surface area contributed by atoms with Gasteiger partial charge in [0.05, 0.1) is 12.3 Å². The molecule has 0 saturated heterocycles. The van der Waals surface area contributed by atoms with Gasteiger partial charge in [0.1, 0.15) is 10.7 Å². The summed E-state index contributed by atoms with van der Waals surface area (Å²) in [6.07, 6.45) is 2.36. The zero-order valence-corrected chi connectivity index (χ0v) is 9.11. The average molecular weight is 246 g/mol. The monoisotopic (exact) mass is 246 g/mol. The van der Waals surface area contributed by atoms with E-state index in [1.165, 1.54) is 0 Å². The van der Waals surface area contributed by atoms with Gasteiger partial charge in [-0.25, -0.2) is 17.5 Å². The molecule has 0 atom stereocenters. The molecule has 0 spiro atoms. The topological polar surface area (TPSA) is 79.3 Å². The van der Waals surface area contributed by atoms with Crippen molar-refractivity contribution in [1.29, 1.82) is 0 Å². The van der Waals surface area contributed by atoms with E-state index in [9.17, 15) is 12.8 Å². The quantitative estimate of drug-likeness (QED) is 0.788. The number of aliphatic hydroxyl groups is 1. The first-order chi connectivity index (χ1) is 7.47. The Kier molecular flexibility index (Phi) is 2.92. The largest absolute Gasteiger partial charge is 0.393 e. The van der Waals surface area contributed by atoms with Crippen LogP contribution in [-0.4, -0.2) is 30.7 Å². The fourth-order valence-corrected chi connectivity index (χ4v) is 2.75. The van der Waals surface area contributed by atoms with Crippen LogP contribution in [0.3, 0.4) is 0 Å². The third kappa shape index (κ3) is 2.37. The second-order valence-electron chi connectivity index (χ2n) is 3.78. The maximum absolute atomic E-state index is 12.8. The second-order valence-corrected chi connectivity index (χ2v) is 5.50. The van der Waals surface area contributed by atoms with Crippen molar-refractivity contribution >= 4 is 10.0 Å². The Balaban J connectivity index is 2.13. The second kappa shape index (κ2) is 4.08. The first-order valence-corrected chi connectivity index (χ1v) is 6.26. The molecule has 0 radical (unpaired) electrons. The fraction of sp³-hybridized carbons (Fsp3) is 0.444. The van der Waals surface area contributed by atoms with E-state index in [-0.39, 0.29) is 10.9 Å². The zero-order chi connectivity index (χ0) is 11.8. The summed E-state index contributed by atoms with van der Waals surface area (Å²) in [7, 11) is -3.73. The maximum atomic E-state index is 12.8. The summed E-state index contributed by atoms with van der Waals surface area (Å²) >= 11 is 0. The standard InChI is InChI=1S/C9H11FN2O3S/c10-6-1-9(5-11-4-6)16(14,15)12-7-2-8(13)3-7/h1,4-5,7-8,12-13H,2-3H2. The third-order valence-electron chi connectivity index (χ3n) is 2.43. The van der Waals surface area contributed by atoms with Gasteiger partial charge in [-0.05, 0) is 18.9 Å². The molecule has 5 nitrogen and oxygen atoms in total. The average Bonchev–Trinajstić information content (AvgIpc) is 2.15. The fourth-order valence-electron chi connectivity index (χ4n) is 1.51. The molecule has 0 aliphatic heterocycles. The minimum Gasteiger partial charge on any atom is -0.393 e. The van der Waals surface area contributed by atoms with Crippen LogP contribution in [0.4, 0.5) is 4.39 Å². The van der Waals surface area contributed by atoms with Crippen LogP contribution in [0.1, 0.15) is 12.8 Å². The highest BCUT2D eigenvalue weighted by molar-refractivity contribution is 7.89. The lowest BCUT2D eigenvalue weighted by Crippen LogP contribution is -2.46. The van der Waals surface area contributed by atoms with Crippen LogP contribution in [0.5, 0.6) is 0 Å². The SMILES string of the molecule is O=S(=O)(NC1CC(O)C1)c1cncc(F)c1. The van der Waals surface area contributed by atoms with Crippen LogP contribution in [0.25, 0.3) is 0 Å². The minimum absolute atomic E-state index is 0.200. The van der Waals surface area contributed by atoms with E-state index in [1.807, 2.05) is 0 Å². The lowest BCUT2D eigenvalue weighted by atomic mass is 9.91. The van der Waals surface area contributed by atoms with Gasteiger partial charge in [-0.2, -0.15) is 0 Å². The molecular weight excluding hydrogens is 235 g/mol. The number of nitrogens with one attached hydrogen (secondary N) is 1. The van der Waals surface area contributed by atoms with Gasteiger partial charge in [0.2, 0.25) is 10.0 Å². The van der Waals surface area contributed by atoms with E-state index in [1.54, 1.807) is 0 Å². The van der Waals surface area contributed by atoms with Gasteiger partial charge in [0.15, 0.2) is 0 Å². The predicted molar refractivity (Wildman–Crippen MR) is 53.5 cm³/mol. The molecule has 7 heteroatoms. The molecule has 1 aliphatic carbocycles. The third-order valence-corrected chi connectivity index (χ3v) is 3.91. The van der Waals surface area contributed by atoms with Crippen molar-refractivity contribution in [2.24, 2.45) is 0 Å². The molecule has 1 aliphatic rings. The molecular formula is C9H11FN2O3S. The predicted octanol–water partition coefficient (Wildman–Crippen LogP) is 0.0223. The lowest BCUT2D eigenvalue weighted by molar-refractivity contribution is 0.0712. The Bertz CT molecular complexity index is 485. The maximum Gasteiger partial charge on any atom is 0.242 e. The highest BCUT2D eigenvalue weighted by atomic mass is 32.2. The summed E-state index contributed by atoms with van der Waals surface area (Å²) in [5.74, 6) is -0.698. The molecule has 0 bridgehead atoms. The van der Waals surface area contributed by atoms with Crippen molar-refractivity contribution in [3.8, 4) is 0 Å². The van der Waals surface area contributed by atoms with E-state index in [4.69, 9.17) is 5.11 Å². The Morgan fingerprint density at radius 2 is 2.12 bits per heavy atom. The van der Waals surface area contributed by atoms with Crippen LogP contribution < -0.4 is 4.72 Å². The summed E-state index contributed by atoms with van der Waals surface area (Å²) in [6, 6.07) is 0.632. The molecule has 0 amide bonds. The number of sulfonamides is 1. The van der Waals surface area contributed by atoms with Crippen LogP contribution in [0.2, 0.25) is 0 Å². The number of halogens is 1. The summed E-state index contributed by atoms with van der Waals surface area (Å²) in [5.41, 5.74) is 0. The number of hydrogen-bond acceptors (Lipinski definition) is 4. The summed E-state index contributed by atoms with van der Waals surface area (Å²) < 4.78 is 38.6. The number of nitrogens with zero attached hydrogens (tertiary/aromatic N) is 1.